The molecular formula is C17H20N4O. The Morgan fingerprint density at radius 3 is 2.64 bits per heavy atom. The second-order valence-electron chi connectivity index (χ2n) is 5.35. The largest absolute Gasteiger partial charge is 0.395 e. The van der Waals surface area contributed by atoms with Crippen molar-refractivity contribution >= 4 is 16.9 Å². The van der Waals surface area contributed by atoms with Gasteiger partial charge < -0.3 is 15.0 Å². The standard InChI is InChI=1S/C17H20N4O/c1-12-13(2)21(8-9-22)17-15(12)16(19-11-20-17)18-10-14-6-4-3-5-7-14/h3-7,11,22H,8-10H2,1-2H3,(H,18,19,20). The Balaban J connectivity index is 1.98. The summed E-state index contributed by atoms with van der Waals surface area (Å²) in [6, 6.07) is 10.2. The first kappa shape index (κ1) is 14.5. The number of aliphatic hydroxyl groups is 1. The maximum absolute atomic E-state index is 9.25. The Morgan fingerprint density at radius 1 is 1.14 bits per heavy atom. The van der Waals surface area contributed by atoms with Crippen LogP contribution in [0.3, 0.4) is 0 Å². The number of nitrogens with zero attached hydrogens (tertiary/aromatic N) is 3. The molecular weight excluding hydrogens is 276 g/mol. The van der Waals surface area contributed by atoms with Gasteiger partial charge in [-0.2, -0.15) is 0 Å². The van der Waals surface area contributed by atoms with Gasteiger partial charge in [0.25, 0.3) is 0 Å². The smallest absolute Gasteiger partial charge is 0.146 e. The van der Waals surface area contributed by atoms with Crippen molar-refractivity contribution in [1.82, 2.24) is 14.5 Å². The summed E-state index contributed by atoms with van der Waals surface area (Å²) in [4.78, 5) is 8.80. The molecule has 0 spiro atoms. The summed E-state index contributed by atoms with van der Waals surface area (Å²) in [6.45, 7) is 5.49. The maximum Gasteiger partial charge on any atom is 0.146 e. The van der Waals surface area contributed by atoms with Gasteiger partial charge >= 0.3 is 0 Å². The fourth-order valence-electron chi connectivity index (χ4n) is 2.76. The van der Waals surface area contributed by atoms with E-state index in [9.17, 15) is 5.11 Å². The van der Waals surface area contributed by atoms with E-state index in [2.05, 4.69) is 34.3 Å². The lowest BCUT2D eigenvalue weighted by atomic mass is 10.2. The Hall–Kier alpha value is -2.40. The quantitative estimate of drug-likeness (QED) is 0.760. The fraction of sp³-hybridized carbons (Fsp3) is 0.294. The molecule has 0 saturated heterocycles. The van der Waals surface area contributed by atoms with Crippen molar-refractivity contribution in [3.8, 4) is 0 Å². The number of rotatable bonds is 5. The molecule has 0 radical (unpaired) electrons. The first-order chi connectivity index (χ1) is 10.7. The monoisotopic (exact) mass is 296 g/mol. The molecule has 0 aliphatic heterocycles. The number of aliphatic hydroxyl groups excluding tert-OH is 1. The van der Waals surface area contributed by atoms with Crippen LogP contribution >= 0.6 is 0 Å². The zero-order valence-electron chi connectivity index (χ0n) is 12.9. The van der Waals surface area contributed by atoms with Crippen LogP contribution in [0.4, 0.5) is 5.82 Å². The molecule has 5 nitrogen and oxygen atoms in total. The second-order valence-corrected chi connectivity index (χ2v) is 5.35. The molecule has 3 aromatic rings. The topological polar surface area (TPSA) is 63.0 Å². The van der Waals surface area contributed by atoms with E-state index in [-0.39, 0.29) is 6.61 Å². The summed E-state index contributed by atoms with van der Waals surface area (Å²) in [5.41, 5.74) is 4.35. The van der Waals surface area contributed by atoms with Crippen LogP contribution in [-0.2, 0) is 13.1 Å². The molecule has 3 rings (SSSR count). The van der Waals surface area contributed by atoms with Gasteiger partial charge in [0.15, 0.2) is 0 Å². The van der Waals surface area contributed by atoms with E-state index in [0.29, 0.717) is 6.54 Å². The van der Waals surface area contributed by atoms with Crippen molar-refractivity contribution in [2.24, 2.45) is 0 Å². The molecule has 22 heavy (non-hydrogen) atoms. The minimum Gasteiger partial charge on any atom is -0.395 e. The third kappa shape index (κ3) is 2.55. The average Bonchev–Trinajstić information content (AvgIpc) is 2.80. The van der Waals surface area contributed by atoms with Gasteiger partial charge in [-0.05, 0) is 25.0 Å². The Morgan fingerprint density at radius 2 is 1.91 bits per heavy atom. The number of benzene rings is 1. The molecule has 114 valence electrons. The highest BCUT2D eigenvalue weighted by atomic mass is 16.3. The Bertz CT molecular complexity index is 780. The van der Waals surface area contributed by atoms with Gasteiger partial charge in [0, 0.05) is 18.8 Å². The van der Waals surface area contributed by atoms with Gasteiger partial charge in [-0.15, -0.1) is 0 Å². The van der Waals surface area contributed by atoms with E-state index in [4.69, 9.17) is 0 Å². The first-order valence-corrected chi connectivity index (χ1v) is 7.41. The summed E-state index contributed by atoms with van der Waals surface area (Å²) < 4.78 is 2.04. The lowest BCUT2D eigenvalue weighted by Crippen LogP contribution is -2.06. The maximum atomic E-state index is 9.25. The Labute approximate surface area is 129 Å². The van der Waals surface area contributed by atoms with Crippen molar-refractivity contribution in [3.05, 3.63) is 53.5 Å². The van der Waals surface area contributed by atoms with Crippen LogP contribution in [0, 0.1) is 13.8 Å². The highest BCUT2D eigenvalue weighted by Gasteiger charge is 2.15. The zero-order chi connectivity index (χ0) is 15.5. The molecule has 0 atom stereocenters. The van der Waals surface area contributed by atoms with Crippen LogP contribution < -0.4 is 5.32 Å². The van der Waals surface area contributed by atoms with Gasteiger partial charge in [-0.1, -0.05) is 30.3 Å². The second kappa shape index (κ2) is 6.15. The molecule has 1 aromatic carbocycles. The first-order valence-electron chi connectivity index (χ1n) is 7.41. The number of aromatic nitrogens is 3. The molecule has 0 amide bonds. The summed E-state index contributed by atoms with van der Waals surface area (Å²) in [7, 11) is 0. The summed E-state index contributed by atoms with van der Waals surface area (Å²) in [5, 5.41) is 13.7. The van der Waals surface area contributed by atoms with E-state index in [1.54, 1.807) is 6.33 Å². The van der Waals surface area contributed by atoms with E-state index in [1.807, 2.05) is 29.7 Å². The molecule has 0 bridgehead atoms. The van der Waals surface area contributed by atoms with Crippen LogP contribution in [0.5, 0.6) is 0 Å². The number of hydrogen-bond acceptors (Lipinski definition) is 4. The summed E-state index contributed by atoms with van der Waals surface area (Å²) >= 11 is 0. The lowest BCUT2D eigenvalue weighted by Gasteiger charge is -2.08. The molecule has 0 fully saturated rings. The third-order valence-electron chi connectivity index (χ3n) is 4.03. The van der Waals surface area contributed by atoms with Crippen molar-refractivity contribution < 1.29 is 5.11 Å². The van der Waals surface area contributed by atoms with Crippen molar-refractivity contribution in [3.63, 3.8) is 0 Å². The van der Waals surface area contributed by atoms with E-state index in [1.165, 1.54) is 5.56 Å². The van der Waals surface area contributed by atoms with Crippen LogP contribution in [0.25, 0.3) is 11.0 Å². The number of nitrogens with one attached hydrogen (secondary N) is 1. The predicted octanol–water partition coefficient (Wildman–Crippen LogP) is 2.65. The number of aryl methyl sites for hydroxylation is 1. The zero-order valence-corrected chi connectivity index (χ0v) is 12.9. The van der Waals surface area contributed by atoms with Gasteiger partial charge in [0.05, 0.1) is 12.0 Å². The molecule has 0 aliphatic carbocycles. The van der Waals surface area contributed by atoms with Crippen molar-refractivity contribution in [1.29, 1.82) is 0 Å². The highest BCUT2D eigenvalue weighted by molar-refractivity contribution is 5.91. The Kier molecular flexibility index (Phi) is 4.06. The van der Waals surface area contributed by atoms with E-state index >= 15 is 0 Å². The normalized spacial score (nSPS) is 11.0. The van der Waals surface area contributed by atoms with Gasteiger partial charge in [-0.25, -0.2) is 9.97 Å². The van der Waals surface area contributed by atoms with Gasteiger partial charge in [0.1, 0.15) is 17.8 Å². The average molecular weight is 296 g/mol. The lowest BCUT2D eigenvalue weighted by molar-refractivity contribution is 0.276. The van der Waals surface area contributed by atoms with Crippen LogP contribution in [0.15, 0.2) is 36.7 Å². The number of hydrogen-bond donors (Lipinski definition) is 2. The number of anilines is 1. The van der Waals surface area contributed by atoms with Crippen molar-refractivity contribution in [2.45, 2.75) is 26.9 Å². The van der Waals surface area contributed by atoms with Crippen molar-refractivity contribution in [2.75, 3.05) is 11.9 Å². The highest BCUT2D eigenvalue weighted by Crippen LogP contribution is 2.28. The van der Waals surface area contributed by atoms with E-state index in [0.717, 1.165) is 34.7 Å². The molecule has 0 saturated carbocycles. The van der Waals surface area contributed by atoms with Gasteiger partial charge in [0.2, 0.25) is 0 Å². The minimum atomic E-state index is 0.0981. The predicted molar refractivity (Wildman–Crippen MR) is 87.9 cm³/mol. The molecule has 2 heterocycles. The van der Waals surface area contributed by atoms with Crippen LogP contribution in [-0.4, -0.2) is 26.2 Å². The third-order valence-corrected chi connectivity index (χ3v) is 4.03. The molecule has 0 unspecified atom stereocenters. The SMILES string of the molecule is Cc1c(C)n(CCO)c2ncnc(NCc3ccccc3)c12. The van der Waals surface area contributed by atoms with Crippen LogP contribution in [0.2, 0.25) is 0 Å². The summed E-state index contributed by atoms with van der Waals surface area (Å²) in [5.74, 6) is 0.839. The van der Waals surface area contributed by atoms with E-state index < -0.39 is 0 Å². The van der Waals surface area contributed by atoms with Gasteiger partial charge in [-0.3, -0.25) is 0 Å². The molecule has 2 aromatic heterocycles. The number of fused-ring (bicyclic) bond motifs is 1. The summed E-state index contributed by atoms with van der Waals surface area (Å²) in [6.07, 6.45) is 1.57. The fourth-order valence-corrected chi connectivity index (χ4v) is 2.76. The molecule has 0 aliphatic rings. The molecule has 2 N–H and O–H groups in total. The molecule has 5 heteroatoms. The minimum absolute atomic E-state index is 0.0981. The van der Waals surface area contributed by atoms with Crippen LogP contribution in [0.1, 0.15) is 16.8 Å².